The molecule has 0 aliphatic carbocycles. The lowest BCUT2D eigenvalue weighted by atomic mass is 10.2. The van der Waals surface area contributed by atoms with E-state index in [9.17, 15) is 9.59 Å². The van der Waals surface area contributed by atoms with Gasteiger partial charge in [0, 0.05) is 10.7 Å². The summed E-state index contributed by atoms with van der Waals surface area (Å²) in [6.45, 7) is 1.64. The van der Waals surface area contributed by atoms with Crippen LogP contribution >= 0.6 is 11.6 Å². The van der Waals surface area contributed by atoms with Gasteiger partial charge in [-0.05, 0) is 36.8 Å². The lowest BCUT2D eigenvalue weighted by molar-refractivity contribution is -0.117. The second-order valence-electron chi connectivity index (χ2n) is 5.08. The molecule has 1 N–H and O–H groups in total. The SMILES string of the molecule is Cc1ccc(Cl)cc1NC(=O)Cn1nnc2ccccc2c1=O. The maximum Gasteiger partial charge on any atom is 0.278 e. The summed E-state index contributed by atoms with van der Waals surface area (Å²) in [5.74, 6) is -0.373. The van der Waals surface area contributed by atoms with E-state index in [2.05, 4.69) is 15.6 Å². The zero-order valence-corrected chi connectivity index (χ0v) is 13.0. The van der Waals surface area contributed by atoms with E-state index in [4.69, 9.17) is 11.6 Å². The van der Waals surface area contributed by atoms with E-state index in [1.165, 1.54) is 0 Å². The highest BCUT2D eigenvalue weighted by molar-refractivity contribution is 6.31. The fourth-order valence-corrected chi connectivity index (χ4v) is 2.35. The minimum atomic E-state index is -0.373. The van der Waals surface area contributed by atoms with Crippen LogP contribution < -0.4 is 10.9 Å². The third kappa shape index (κ3) is 3.22. The van der Waals surface area contributed by atoms with Crippen LogP contribution in [0.25, 0.3) is 10.9 Å². The van der Waals surface area contributed by atoms with Gasteiger partial charge in [-0.1, -0.05) is 35.0 Å². The van der Waals surface area contributed by atoms with Gasteiger partial charge in [-0.2, -0.15) is 0 Å². The van der Waals surface area contributed by atoms with E-state index in [1.54, 1.807) is 42.5 Å². The first-order chi connectivity index (χ1) is 11.0. The number of hydrogen-bond acceptors (Lipinski definition) is 4. The summed E-state index contributed by atoms with van der Waals surface area (Å²) in [7, 11) is 0. The molecule has 0 radical (unpaired) electrons. The fraction of sp³-hybridized carbons (Fsp3) is 0.125. The first kappa shape index (κ1) is 15.2. The van der Waals surface area contributed by atoms with Crippen LogP contribution in [-0.2, 0) is 11.3 Å². The Morgan fingerprint density at radius 2 is 2.04 bits per heavy atom. The molecule has 23 heavy (non-hydrogen) atoms. The van der Waals surface area contributed by atoms with Gasteiger partial charge in [-0.3, -0.25) is 9.59 Å². The predicted molar refractivity (Wildman–Crippen MR) is 88.6 cm³/mol. The molecule has 1 aromatic heterocycles. The van der Waals surface area contributed by atoms with Crippen LogP contribution in [0.4, 0.5) is 5.69 Å². The average molecular weight is 329 g/mol. The number of nitrogens with zero attached hydrogens (tertiary/aromatic N) is 3. The Morgan fingerprint density at radius 1 is 1.26 bits per heavy atom. The number of halogens is 1. The zero-order chi connectivity index (χ0) is 16.4. The summed E-state index contributed by atoms with van der Waals surface area (Å²) in [5, 5.41) is 11.4. The molecule has 7 heteroatoms. The van der Waals surface area contributed by atoms with Crippen LogP contribution in [-0.4, -0.2) is 20.9 Å². The molecule has 0 unspecified atom stereocenters. The van der Waals surface area contributed by atoms with Crippen LogP contribution in [0, 0.1) is 6.92 Å². The van der Waals surface area contributed by atoms with Gasteiger partial charge in [0.15, 0.2) is 0 Å². The number of rotatable bonds is 3. The Kier molecular flexibility index (Phi) is 4.08. The smallest absolute Gasteiger partial charge is 0.278 e. The Labute approximate surface area is 136 Å². The minimum Gasteiger partial charge on any atom is -0.324 e. The van der Waals surface area contributed by atoms with Crippen molar-refractivity contribution in [3.05, 3.63) is 63.4 Å². The number of anilines is 1. The highest BCUT2D eigenvalue weighted by atomic mass is 35.5. The third-order valence-corrected chi connectivity index (χ3v) is 3.63. The van der Waals surface area contributed by atoms with Gasteiger partial charge in [0.25, 0.3) is 5.56 Å². The topological polar surface area (TPSA) is 76.9 Å². The first-order valence-electron chi connectivity index (χ1n) is 6.93. The van der Waals surface area contributed by atoms with Gasteiger partial charge in [-0.15, -0.1) is 5.10 Å². The number of aryl methyl sites for hydroxylation is 1. The van der Waals surface area contributed by atoms with Gasteiger partial charge in [0.05, 0.1) is 5.39 Å². The number of benzene rings is 2. The first-order valence-corrected chi connectivity index (χ1v) is 7.31. The van der Waals surface area contributed by atoms with Crippen molar-refractivity contribution in [3.63, 3.8) is 0 Å². The Hall–Kier alpha value is -2.73. The van der Waals surface area contributed by atoms with Gasteiger partial charge >= 0.3 is 0 Å². The second kappa shape index (κ2) is 6.18. The number of carbonyl (C=O) groups excluding carboxylic acids is 1. The molecule has 0 fully saturated rings. The molecule has 0 aliphatic rings. The monoisotopic (exact) mass is 328 g/mol. The Bertz CT molecular complexity index is 952. The molecule has 1 heterocycles. The fourth-order valence-electron chi connectivity index (χ4n) is 2.18. The molecule has 0 saturated carbocycles. The van der Waals surface area contributed by atoms with Crippen molar-refractivity contribution in [1.82, 2.24) is 15.0 Å². The van der Waals surface area contributed by atoms with Crippen LogP contribution in [0.1, 0.15) is 5.56 Å². The van der Waals surface area contributed by atoms with Gasteiger partial charge in [0.2, 0.25) is 5.91 Å². The van der Waals surface area contributed by atoms with Crippen LogP contribution in [0.2, 0.25) is 5.02 Å². The van der Waals surface area contributed by atoms with Gasteiger partial charge in [-0.25, -0.2) is 4.68 Å². The molecular weight excluding hydrogens is 316 g/mol. The number of amides is 1. The van der Waals surface area contributed by atoms with E-state index in [-0.39, 0.29) is 18.0 Å². The van der Waals surface area contributed by atoms with E-state index in [0.717, 1.165) is 10.2 Å². The molecular formula is C16H13ClN4O2. The van der Waals surface area contributed by atoms with E-state index < -0.39 is 0 Å². The van der Waals surface area contributed by atoms with E-state index >= 15 is 0 Å². The van der Waals surface area contributed by atoms with Gasteiger partial charge in [0.1, 0.15) is 12.1 Å². The number of hydrogen-bond donors (Lipinski definition) is 1. The van der Waals surface area contributed by atoms with Crippen molar-refractivity contribution in [3.8, 4) is 0 Å². The van der Waals surface area contributed by atoms with Crippen molar-refractivity contribution in [1.29, 1.82) is 0 Å². The molecule has 0 atom stereocenters. The minimum absolute atomic E-state index is 0.220. The van der Waals surface area contributed by atoms with Crippen LogP contribution in [0.5, 0.6) is 0 Å². The summed E-state index contributed by atoms with van der Waals surface area (Å²) in [4.78, 5) is 24.4. The molecule has 0 spiro atoms. The standard InChI is InChI=1S/C16H13ClN4O2/c1-10-6-7-11(17)8-14(10)18-15(22)9-21-16(23)12-4-2-3-5-13(12)19-20-21/h2-8H,9H2,1H3,(H,18,22). The molecule has 0 saturated heterocycles. The summed E-state index contributed by atoms with van der Waals surface area (Å²) >= 11 is 5.92. The maximum absolute atomic E-state index is 12.3. The molecule has 2 aromatic carbocycles. The zero-order valence-electron chi connectivity index (χ0n) is 12.3. The van der Waals surface area contributed by atoms with E-state index in [1.807, 2.05) is 6.92 Å². The average Bonchev–Trinajstić information content (AvgIpc) is 2.54. The Balaban J connectivity index is 1.84. The molecule has 3 aromatic rings. The highest BCUT2D eigenvalue weighted by Gasteiger charge is 2.10. The molecule has 6 nitrogen and oxygen atoms in total. The van der Waals surface area contributed by atoms with Crippen molar-refractivity contribution in [2.75, 3.05) is 5.32 Å². The predicted octanol–water partition coefficient (Wildman–Crippen LogP) is 2.39. The maximum atomic E-state index is 12.3. The van der Waals surface area contributed by atoms with E-state index in [0.29, 0.717) is 21.6 Å². The normalized spacial score (nSPS) is 10.7. The molecule has 3 rings (SSSR count). The number of carbonyl (C=O) groups is 1. The molecule has 1 amide bonds. The summed E-state index contributed by atoms with van der Waals surface area (Å²) in [6.07, 6.45) is 0. The number of nitrogens with one attached hydrogen (secondary N) is 1. The lowest BCUT2D eigenvalue weighted by Crippen LogP contribution is -2.30. The molecule has 0 bridgehead atoms. The number of aromatic nitrogens is 3. The molecule has 0 aliphatic heterocycles. The quantitative estimate of drug-likeness (QED) is 0.801. The summed E-state index contributed by atoms with van der Waals surface area (Å²) < 4.78 is 1.04. The molecule has 116 valence electrons. The summed E-state index contributed by atoms with van der Waals surface area (Å²) in [5.41, 5.74) is 1.62. The van der Waals surface area contributed by atoms with Crippen molar-refractivity contribution < 1.29 is 4.79 Å². The summed E-state index contributed by atoms with van der Waals surface area (Å²) in [6, 6.07) is 12.1. The van der Waals surface area contributed by atoms with Crippen molar-refractivity contribution in [2.24, 2.45) is 0 Å². The highest BCUT2D eigenvalue weighted by Crippen LogP contribution is 2.20. The number of fused-ring (bicyclic) bond motifs is 1. The van der Waals surface area contributed by atoms with Crippen LogP contribution in [0.15, 0.2) is 47.3 Å². The third-order valence-electron chi connectivity index (χ3n) is 3.40. The van der Waals surface area contributed by atoms with Crippen LogP contribution in [0.3, 0.4) is 0 Å². The van der Waals surface area contributed by atoms with Crippen molar-refractivity contribution >= 4 is 34.1 Å². The largest absolute Gasteiger partial charge is 0.324 e. The Morgan fingerprint density at radius 3 is 2.87 bits per heavy atom. The lowest BCUT2D eigenvalue weighted by Gasteiger charge is -2.09. The second-order valence-corrected chi connectivity index (χ2v) is 5.51. The van der Waals surface area contributed by atoms with Crippen molar-refractivity contribution in [2.45, 2.75) is 13.5 Å². The van der Waals surface area contributed by atoms with Gasteiger partial charge < -0.3 is 5.32 Å².